The van der Waals surface area contributed by atoms with Crippen molar-refractivity contribution in [2.24, 2.45) is 0 Å². The van der Waals surface area contributed by atoms with Crippen molar-refractivity contribution in [2.75, 3.05) is 11.3 Å². The number of nitrogens with zero attached hydrogens (tertiary/aromatic N) is 1. The molecule has 0 saturated carbocycles. The van der Waals surface area contributed by atoms with E-state index in [1.165, 1.54) is 23.7 Å². The van der Waals surface area contributed by atoms with Crippen LogP contribution in [0.2, 0.25) is 0 Å². The van der Waals surface area contributed by atoms with Crippen molar-refractivity contribution in [1.29, 1.82) is 0 Å². The van der Waals surface area contributed by atoms with E-state index in [1.54, 1.807) is 6.07 Å². The van der Waals surface area contributed by atoms with Crippen LogP contribution in [0.25, 0.3) is 0 Å². The standard InChI is InChI=1S/C11H16N4O2S2/c1-2-3-12-5-9-4-11(18-8-9)19(16,17)15-10-6-13-14-7-10/h4,6-8,12,15H,2-3,5H2,1H3,(H,13,14). The molecular weight excluding hydrogens is 284 g/mol. The fraction of sp³-hybridized carbons (Fsp3) is 0.364. The van der Waals surface area contributed by atoms with Gasteiger partial charge in [-0.3, -0.25) is 9.82 Å². The number of aromatic amines is 1. The minimum Gasteiger partial charge on any atom is -0.313 e. The van der Waals surface area contributed by atoms with Crippen LogP contribution in [-0.2, 0) is 16.6 Å². The second-order valence-electron chi connectivity index (χ2n) is 4.04. The maximum atomic E-state index is 12.1. The van der Waals surface area contributed by atoms with Gasteiger partial charge < -0.3 is 5.32 Å². The van der Waals surface area contributed by atoms with Gasteiger partial charge in [0, 0.05) is 12.7 Å². The Morgan fingerprint density at radius 1 is 1.47 bits per heavy atom. The van der Waals surface area contributed by atoms with Crippen LogP contribution in [0.1, 0.15) is 18.9 Å². The second kappa shape index (κ2) is 6.18. The molecule has 2 aromatic rings. The molecule has 2 rings (SSSR count). The van der Waals surface area contributed by atoms with Crippen LogP contribution >= 0.6 is 11.3 Å². The van der Waals surface area contributed by atoms with Gasteiger partial charge in [-0.1, -0.05) is 6.92 Å². The van der Waals surface area contributed by atoms with Gasteiger partial charge in [-0.15, -0.1) is 11.3 Å². The quantitative estimate of drug-likeness (QED) is 0.680. The van der Waals surface area contributed by atoms with E-state index in [2.05, 4.69) is 27.2 Å². The second-order valence-corrected chi connectivity index (χ2v) is 6.86. The Bertz CT molecular complexity index is 604. The normalized spacial score (nSPS) is 11.6. The zero-order valence-corrected chi connectivity index (χ0v) is 12.1. The molecule has 0 radical (unpaired) electrons. The van der Waals surface area contributed by atoms with Gasteiger partial charge in [-0.25, -0.2) is 8.42 Å². The summed E-state index contributed by atoms with van der Waals surface area (Å²) in [6.07, 6.45) is 3.97. The molecule has 104 valence electrons. The summed E-state index contributed by atoms with van der Waals surface area (Å²) in [7, 11) is -3.51. The van der Waals surface area contributed by atoms with Gasteiger partial charge in [-0.2, -0.15) is 5.10 Å². The van der Waals surface area contributed by atoms with Crippen molar-refractivity contribution in [3.05, 3.63) is 29.4 Å². The Labute approximate surface area is 116 Å². The number of thiophene rings is 1. The van der Waals surface area contributed by atoms with Crippen molar-refractivity contribution in [2.45, 2.75) is 24.1 Å². The Balaban J connectivity index is 2.04. The van der Waals surface area contributed by atoms with Gasteiger partial charge in [0.2, 0.25) is 0 Å². The molecule has 2 aromatic heterocycles. The summed E-state index contributed by atoms with van der Waals surface area (Å²) in [5.74, 6) is 0. The van der Waals surface area contributed by atoms with Crippen molar-refractivity contribution >= 4 is 27.0 Å². The Kier molecular flexibility index (Phi) is 4.56. The highest BCUT2D eigenvalue weighted by molar-refractivity contribution is 7.94. The van der Waals surface area contributed by atoms with E-state index in [4.69, 9.17) is 0 Å². The number of sulfonamides is 1. The minimum absolute atomic E-state index is 0.307. The molecule has 0 aliphatic carbocycles. The topological polar surface area (TPSA) is 86.9 Å². The molecule has 0 unspecified atom stereocenters. The first-order valence-corrected chi connectivity index (χ1v) is 8.28. The Morgan fingerprint density at radius 2 is 2.32 bits per heavy atom. The van der Waals surface area contributed by atoms with E-state index in [-0.39, 0.29) is 0 Å². The Hall–Kier alpha value is -1.38. The number of H-pyrrole nitrogens is 1. The third-order valence-corrected chi connectivity index (χ3v) is 5.27. The molecule has 19 heavy (non-hydrogen) atoms. The molecular formula is C11H16N4O2S2. The number of anilines is 1. The summed E-state index contributed by atoms with van der Waals surface area (Å²) >= 11 is 1.22. The van der Waals surface area contributed by atoms with Crippen molar-refractivity contribution in [1.82, 2.24) is 15.5 Å². The third kappa shape index (κ3) is 3.79. The summed E-state index contributed by atoms with van der Waals surface area (Å²) in [4.78, 5) is 0. The van der Waals surface area contributed by atoms with Gasteiger partial charge in [0.05, 0.1) is 11.9 Å². The molecule has 0 bridgehead atoms. The maximum Gasteiger partial charge on any atom is 0.271 e. The molecule has 8 heteroatoms. The zero-order chi connectivity index (χ0) is 13.7. The van der Waals surface area contributed by atoms with Crippen LogP contribution in [0.3, 0.4) is 0 Å². The fourth-order valence-electron chi connectivity index (χ4n) is 1.51. The largest absolute Gasteiger partial charge is 0.313 e. The SMILES string of the molecule is CCCNCc1csc(S(=O)(=O)Nc2cn[nH]c2)c1. The average molecular weight is 300 g/mol. The predicted molar refractivity (Wildman–Crippen MR) is 75.7 cm³/mol. The average Bonchev–Trinajstić information content (AvgIpc) is 3.00. The van der Waals surface area contributed by atoms with E-state index in [9.17, 15) is 8.42 Å². The van der Waals surface area contributed by atoms with E-state index in [0.29, 0.717) is 16.4 Å². The highest BCUT2D eigenvalue weighted by atomic mass is 32.2. The van der Waals surface area contributed by atoms with Gasteiger partial charge in [0.1, 0.15) is 4.21 Å². The molecule has 0 saturated heterocycles. The Morgan fingerprint density at radius 3 is 3.00 bits per heavy atom. The van der Waals surface area contributed by atoms with E-state index >= 15 is 0 Å². The van der Waals surface area contributed by atoms with Crippen LogP contribution in [0.4, 0.5) is 5.69 Å². The molecule has 0 spiro atoms. The molecule has 0 aliphatic rings. The van der Waals surface area contributed by atoms with Gasteiger partial charge in [0.25, 0.3) is 10.0 Å². The number of aromatic nitrogens is 2. The molecule has 0 aliphatic heterocycles. The molecule has 2 heterocycles. The highest BCUT2D eigenvalue weighted by Gasteiger charge is 2.17. The lowest BCUT2D eigenvalue weighted by molar-refractivity contribution is 0.603. The minimum atomic E-state index is -3.51. The third-order valence-electron chi connectivity index (χ3n) is 2.40. The molecule has 0 atom stereocenters. The lowest BCUT2D eigenvalue weighted by Gasteiger charge is -2.02. The monoisotopic (exact) mass is 300 g/mol. The van der Waals surface area contributed by atoms with E-state index in [0.717, 1.165) is 18.5 Å². The molecule has 3 N–H and O–H groups in total. The molecule has 0 aromatic carbocycles. The lowest BCUT2D eigenvalue weighted by Crippen LogP contribution is -2.13. The summed E-state index contributed by atoms with van der Waals surface area (Å²) in [5.41, 5.74) is 1.41. The summed E-state index contributed by atoms with van der Waals surface area (Å²) in [6.45, 7) is 3.70. The van der Waals surface area contributed by atoms with E-state index in [1.807, 2.05) is 5.38 Å². The summed E-state index contributed by atoms with van der Waals surface area (Å²) in [5, 5.41) is 11.3. The lowest BCUT2D eigenvalue weighted by atomic mass is 10.3. The molecule has 0 fully saturated rings. The van der Waals surface area contributed by atoms with Crippen molar-refractivity contribution in [3.63, 3.8) is 0 Å². The number of nitrogens with one attached hydrogen (secondary N) is 3. The van der Waals surface area contributed by atoms with E-state index < -0.39 is 10.0 Å². The molecule has 0 amide bonds. The maximum absolute atomic E-state index is 12.1. The van der Waals surface area contributed by atoms with Crippen LogP contribution < -0.4 is 10.0 Å². The highest BCUT2D eigenvalue weighted by Crippen LogP contribution is 2.22. The van der Waals surface area contributed by atoms with Gasteiger partial charge in [-0.05, 0) is 30.0 Å². The number of hydrogen-bond acceptors (Lipinski definition) is 5. The fourth-order valence-corrected chi connectivity index (χ4v) is 3.75. The summed E-state index contributed by atoms with van der Waals surface area (Å²) < 4.78 is 26.9. The van der Waals surface area contributed by atoms with Crippen molar-refractivity contribution < 1.29 is 8.42 Å². The smallest absolute Gasteiger partial charge is 0.271 e. The number of rotatable bonds is 7. The van der Waals surface area contributed by atoms with Crippen molar-refractivity contribution in [3.8, 4) is 0 Å². The van der Waals surface area contributed by atoms with Crippen LogP contribution in [0.5, 0.6) is 0 Å². The first-order valence-electron chi connectivity index (χ1n) is 5.91. The van der Waals surface area contributed by atoms with Gasteiger partial charge in [0.15, 0.2) is 0 Å². The van der Waals surface area contributed by atoms with Crippen LogP contribution in [-0.4, -0.2) is 25.2 Å². The first-order chi connectivity index (χ1) is 9.12. The first kappa shape index (κ1) is 14.0. The predicted octanol–water partition coefficient (Wildman–Crippen LogP) is 1.77. The van der Waals surface area contributed by atoms with Crippen LogP contribution in [0, 0.1) is 0 Å². The molecule has 6 nitrogen and oxygen atoms in total. The summed E-state index contributed by atoms with van der Waals surface area (Å²) in [6, 6.07) is 1.69. The number of hydrogen-bond donors (Lipinski definition) is 3. The zero-order valence-electron chi connectivity index (χ0n) is 10.5. The van der Waals surface area contributed by atoms with Gasteiger partial charge >= 0.3 is 0 Å². The van der Waals surface area contributed by atoms with Crippen LogP contribution in [0.15, 0.2) is 28.0 Å².